The summed E-state index contributed by atoms with van der Waals surface area (Å²) in [6.45, 7) is 4.06. The average molecular weight is 422 g/mol. The van der Waals surface area contributed by atoms with E-state index in [1.807, 2.05) is 38.1 Å². The van der Waals surface area contributed by atoms with Crippen molar-refractivity contribution in [3.8, 4) is 17.2 Å². The average Bonchev–Trinajstić information content (AvgIpc) is 3.00. The Balaban J connectivity index is 1.72. The van der Waals surface area contributed by atoms with Crippen LogP contribution in [-0.4, -0.2) is 33.0 Å². The van der Waals surface area contributed by atoms with E-state index in [0.29, 0.717) is 16.6 Å². The fraction of sp³-hybridized carbons (Fsp3) is 0.136. The first-order valence-electron chi connectivity index (χ1n) is 9.24. The summed E-state index contributed by atoms with van der Waals surface area (Å²) >= 11 is 6.19. The summed E-state index contributed by atoms with van der Waals surface area (Å²) in [5.74, 6) is 1.06. The van der Waals surface area contributed by atoms with Crippen molar-refractivity contribution in [3.05, 3.63) is 70.6 Å². The maximum absolute atomic E-state index is 9.71. The predicted octanol–water partition coefficient (Wildman–Crippen LogP) is 4.85. The molecule has 30 heavy (non-hydrogen) atoms. The molecule has 2 N–H and O–H groups in total. The molecule has 8 heteroatoms. The van der Waals surface area contributed by atoms with Crippen LogP contribution in [0.2, 0.25) is 5.02 Å². The highest BCUT2D eigenvalue weighted by Gasteiger charge is 2.17. The second kappa shape index (κ2) is 8.04. The molecule has 2 heterocycles. The monoisotopic (exact) mass is 421 g/mol. The molecular weight excluding hydrogens is 402 g/mol. The number of nitrogens with one attached hydrogen (secondary N) is 1. The molecule has 0 saturated heterocycles. The SMILES string of the molecule is COc1cc(/C=N\Nc2ncnc3c2c(C)c(C)n3-c2cccc(Cl)c2)ccc1O. The van der Waals surface area contributed by atoms with Gasteiger partial charge in [-0.25, -0.2) is 9.97 Å². The molecule has 0 saturated carbocycles. The zero-order chi connectivity index (χ0) is 21.3. The molecule has 0 spiro atoms. The van der Waals surface area contributed by atoms with Crippen molar-refractivity contribution >= 4 is 34.7 Å². The zero-order valence-corrected chi connectivity index (χ0v) is 17.5. The number of hydrogen-bond donors (Lipinski definition) is 2. The number of anilines is 1. The number of ether oxygens (including phenoxy) is 1. The molecule has 0 bridgehead atoms. The van der Waals surface area contributed by atoms with Crippen LogP contribution in [0.25, 0.3) is 16.7 Å². The minimum absolute atomic E-state index is 0.0774. The maximum atomic E-state index is 9.71. The number of nitrogens with zero attached hydrogens (tertiary/aromatic N) is 4. The lowest BCUT2D eigenvalue weighted by Gasteiger charge is -2.08. The lowest BCUT2D eigenvalue weighted by Crippen LogP contribution is -1.99. The number of phenolic OH excluding ortho intramolecular Hbond substituents is 1. The third-order valence-corrected chi connectivity index (χ3v) is 5.18. The number of aromatic hydroxyl groups is 1. The van der Waals surface area contributed by atoms with Crippen molar-refractivity contribution in [1.29, 1.82) is 0 Å². The first-order valence-corrected chi connectivity index (χ1v) is 9.62. The minimum atomic E-state index is 0.0774. The van der Waals surface area contributed by atoms with Gasteiger partial charge in [0, 0.05) is 16.4 Å². The number of fused-ring (bicyclic) bond motifs is 1. The molecular formula is C22H20ClN5O2. The molecule has 0 unspecified atom stereocenters. The smallest absolute Gasteiger partial charge is 0.161 e. The number of aryl methyl sites for hydroxylation is 1. The number of rotatable bonds is 5. The Labute approximate surface area is 178 Å². The van der Waals surface area contributed by atoms with Crippen LogP contribution in [0.3, 0.4) is 0 Å². The van der Waals surface area contributed by atoms with Gasteiger partial charge in [-0.05, 0) is 61.4 Å². The summed E-state index contributed by atoms with van der Waals surface area (Å²) in [6, 6.07) is 12.6. The number of benzene rings is 2. The molecule has 0 atom stereocenters. The van der Waals surface area contributed by atoms with Gasteiger partial charge in [-0.3, -0.25) is 9.99 Å². The largest absolute Gasteiger partial charge is 0.504 e. The van der Waals surface area contributed by atoms with E-state index in [2.05, 4.69) is 25.1 Å². The summed E-state index contributed by atoms with van der Waals surface area (Å²) in [4.78, 5) is 8.87. The highest BCUT2D eigenvalue weighted by Crippen LogP contribution is 2.32. The van der Waals surface area contributed by atoms with Gasteiger partial charge in [0.25, 0.3) is 0 Å². The molecule has 0 aliphatic rings. The van der Waals surface area contributed by atoms with Crippen LogP contribution >= 0.6 is 11.6 Å². The van der Waals surface area contributed by atoms with Gasteiger partial charge in [-0.2, -0.15) is 5.10 Å². The van der Waals surface area contributed by atoms with Crippen LogP contribution in [0.5, 0.6) is 11.5 Å². The first kappa shape index (κ1) is 19.7. The summed E-state index contributed by atoms with van der Waals surface area (Å²) in [6.07, 6.45) is 3.13. The topological polar surface area (TPSA) is 84.6 Å². The second-order valence-electron chi connectivity index (χ2n) is 6.75. The minimum Gasteiger partial charge on any atom is -0.504 e. The summed E-state index contributed by atoms with van der Waals surface area (Å²) in [5, 5.41) is 15.6. The number of aromatic nitrogens is 3. The molecule has 4 aromatic rings. The van der Waals surface area contributed by atoms with E-state index < -0.39 is 0 Å². The van der Waals surface area contributed by atoms with Crippen molar-refractivity contribution in [2.45, 2.75) is 13.8 Å². The predicted molar refractivity (Wildman–Crippen MR) is 119 cm³/mol. The first-order chi connectivity index (χ1) is 14.5. The summed E-state index contributed by atoms with van der Waals surface area (Å²) in [5.41, 5.74) is 7.58. The molecule has 0 radical (unpaired) electrons. The Bertz CT molecular complexity index is 1270. The van der Waals surface area contributed by atoms with Gasteiger partial charge in [0.2, 0.25) is 0 Å². The van der Waals surface area contributed by atoms with E-state index in [4.69, 9.17) is 16.3 Å². The fourth-order valence-corrected chi connectivity index (χ4v) is 3.54. The van der Waals surface area contributed by atoms with Crippen molar-refractivity contribution < 1.29 is 9.84 Å². The third-order valence-electron chi connectivity index (χ3n) is 4.95. The molecule has 2 aromatic carbocycles. The zero-order valence-electron chi connectivity index (χ0n) is 16.7. The Morgan fingerprint density at radius 1 is 1.17 bits per heavy atom. The highest BCUT2D eigenvalue weighted by atomic mass is 35.5. The second-order valence-corrected chi connectivity index (χ2v) is 7.18. The quantitative estimate of drug-likeness (QED) is 0.355. The van der Waals surface area contributed by atoms with Crippen LogP contribution in [-0.2, 0) is 0 Å². The normalized spacial score (nSPS) is 11.3. The molecule has 0 amide bonds. The standard InChI is InChI=1S/C22H20ClN5O2/c1-13-14(2)28(17-6-4-5-16(23)10-17)22-20(13)21(24-12-25-22)27-26-11-15-7-8-18(29)19(9-15)30-3/h4-12,29H,1-3H3,(H,24,25,27)/b26-11-. The highest BCUT2D eigenvalue weighted by molar-refractivity contribution is 6.30. The third kappa shape index (κ3) is 3.55. The number of methoxy groups -OCH3 is 1. The Kier molecular flexibility index (Phi) is 5.29. The molecule has 4 rings (SSSR count). The van der Waals surface area contributed by atoms with E-state index in [9.17, 15) is 5.11 Å². The lowest BCUT2D eigenvalue weighted by molar-refractivity contribution is 0.373. The Morgan fingerprint density at radius 3 is 2.77 bits per heavy atom. The number of halogens is 1. The number of hydrazone groups is 1. The van der Waals surface area contributed by atoms with Gasteiger partial charge >= 0.3 is 0 Å². The van der Waals surface area contributed by atoms with Crippen molar-refractivity contribution in [2.24, 2.45) is 5.10 Å². The Morgan fingerprint density at radius 2 is 2.00 bits per heavy atom. The van der Waals surface area contributed by atoms with E-state index in [-0.39, 0.29) is 5.75 Å². The fourth-order valence-electron chi connectivity index (χ4n) is 3.36. The molecule has 0 aliphatic heterocycles. The van der Waals surface area contributed by atoms with E-state index in [0.717, 1.165) is 33.5 Å². The molecule has 0 aliphatic carbocycles. The molecule has 0 fully saturated rings. The van der Waals surface area contributed by atoms with Crippen molar-refractivity contribution in [1.82, 2.24) is 14.5 Å². The van der Waals surface area contributed by atoms with Gasteiger partial charge in [0.05, 0.1) is 18.7 Å². The summed E-state index contributed by atoms with van der Waals surface area (Å²) < 4.78 is 7.18. The van der Waals surface area contributed by atoms with Gasteiger partial charge in [0.1, 0.15) is 6.33 Å². The Hall–Kier alpha value is -3.58. The molecule has 2 aromatic heterocycles. The van der Waals surface area contributed by atoms with Gasteiger partial charge in [-0.15, -0.1) is 0 Å². The number of hydrogen-bond acceptors (Lipinski definition) is 6. The van der Waals surface area contributed by atoms with Gasteiger partial charge < -0.3 is 9.84 Å². The maximum Gasteiger partial charge on any atom is 0.161 e. The van der Waals surface area contributed by atoms with E-state index in [1.54, 1.807) is 24.4 Å². The van der Waals surface area contributed by atoms with Crippen LogP contribution < -0.4 is 10.2 Å². The molecule has 7 nitrogen and oxygen atoms in total. The van der Waals surface area contributed by atoms with Gasteiger partial charge in [0.15, 0.2) is 23.0 Å². The van der Waals surface area contributed by atoms with Gasteiger partial charge in [-0.1, -0.05) is 17.7 Å². The summed E-state index contributed by atoms with van der Waals surface area (Å²) in [7, 11) is 1.50. The van der Waals surface area contributed by atoms with Crippen LogP contribution in [0, 0.1) is 13.8 Å². The van der Waals surface area contributed by atoms with Crippen LogP contribution in [0.4, 0.5) is 5.82 Å². The molecule has 152 valence electrons. The van der Waals surface area contributed by atoms with Crippen molar-refractivity contribution in [3.63, 3.8) is 0 Å². The van der Waals surface area contributed by atoms with E-state index in [1.165, 1.54) is 13.4 Å². The van der Waals surface area contributed by atoms with Crippen LogP contribution in [0.1, 0.15) is 16.8 Å². The van der Waals surface area contributed by atoms with E-state index >= 15 is 0 Å². The van der Waals surface area contributed by atoms with Crippen LogP contribution in [0.15, 0.2) is 53.9 Å². The van der Waals surface area contributed by atoms with Crippen molar-refractivity contribution in [2.75, 3.05) is 12.5 Å². The number of phenols is 1. The lowest BCUT2D eigenvalue weighted by atomic mass is 10.2.